The molecule has 0 spiro atoms. The quantitative estimate of drug-likeness (QED) is 0.257. The van der Waals surface area contributed by atoms with Gasteiger partial charge < -0.3 is 19.4 Å². The zero-order valence-electron chi connectivity index (χ0n) is 26.7. The molecule has 2 aliphatic heterocycles. The second kappa shape index (κ2) is 12.5. The number of aromatic amines is 2. The molecule has 44 heavy (non-hydrogen) atoms. The number of carbonyl (C=O) groups excluding carboxylic acids is 2. The van der Waals surface area contributed by atoms with Crippen LogP contribution in [0.5, 0.6) is 0 Å². The van der Waals surface area contributed by atoms with Gasteiger partial charge in [-0.05, 0) is 110 Å². The second-order valence-corrected chi connectivity index (χ2v) is 11.3. The summed E-state index contributed by atoms with van der Waals surface area (Å²) < 4.78 is 9.89. The molecule has 3 aromatic heterocycles. The number of fused-ring (bicyclic) bond motifs is 8. The van der Waals surface area contributed by atoms with Gasteiger partial charge in [-0.15, -0.1) is 0 Å². The highest BCUT2D eigenvalue weighted by molar-refractivity contribution is 5.97. The predicted octanol–water partition coefficient (Wildman–Crippen LogP) is 7.90. The number of hydrogen-bond acceptors (Lipinski definition) is 6. The van der Waals surface area contributed by atoms with Gasteiger partial charge in [0.15, 0.2) is 0 Å². The summed E-state index contributed by atoms with van der Waals surface area (Å²) in [7, 11) is 2.80. The maximum absolute atomic E-state index is 12.2. The first kappa shape index (κ1) is 30.7. The summed E-state index contributed by atoms with van der Waals surface area (Å²) in [5, 5.41) is 0. The highest BCUT2D eigenvalue weighted by atomic mass is 16.5. The molecule has 5 rings (SSSR count). The van der Waals surface area contributed by atoms with Crippen LogP contribution in [0.25, 0.3) is 50.4 Å². The van der Waals surface area contributed by atoms with Crippen molar-refractivity contribution < 1.29 is 19.1 Å². The first-order valence-corrected chi connectivity index (χ1v) is 15.0. The highest BCUT2D eigenvalue weighted by Gasteiger charge is 2.23. The van der Waals surface area contributed by atoms with Crippen molar-refractivity contribution in [2.45, 2.75) is 66.7 Å². The summed E-state index contributed by atoms with van der Waals surface area (Å²) in [6, 6.07) is 8.29. The van der Waals surface area contributed by atoms with Crippen LogP contribution in [-0.2, 0) is 25.5 Å². The smallest absolute Gasteiger partial charge is 0.305 e. The Morgan fingerprint density at radius 2 is 1.23 bits per heavy atom. The van der Waals surface area contributed by atoms with Crippen molar-refractivity contribution in [3.05, 3.63) is 75.9 Å². The Balaban J connectivity index is 1.89. The van der Waals surface area contributed by atoms with E-state index in [1.165, 1.54) is 25.3 Å². The van der Waals surface area contributed by atoms with Crippen molar-refractivity contribution in [3.63, 3.8) is 0 Å². The van der Waals surface area contributed by atoms with Crippen LogP contribution in [0.1, 0.15) is 91.5 Å². The molecule has 8 bridgehead atoms. The van der Waals surface area contributed by atoms with Crippen LogP contribution in [0, 0.1) is 13.8 Å². The van der Waals surface area contributed by atoms with Gasteiger partial charge in [-0.1, -0.05) is 19.6 Å². The molecule has 0 aliphatic carbocycles. The first-order chi connectivity index (χ1) is 21.1. The number of aromatic nitrogens is 4. The number of allylic oxidation sites excluding steroid dienone is 4. The number of esters is 2. The van der Waals surface area contributed by atoms with E-state index in [0.717, 1.165) is 84.7 Å². The molecule has 0 amide bonds. The van der Waals surface area contributed by atoms with Gasteiger partial charge in [0.1, 0.15) is 0 Å². The number of ether oxygens (including phenoxy) is 2. The number of nitrogens with one attached hydrogen (secondary N) is 2. The standard InChI is InChI=1S/C36H40N4O4/c1-9-23-19(3)27-15-28-21(5)25(11-13-35(41)43-7)33(39-28)18-34-26(12-14-36(42)44-8)22(6)30(40-34)17-32-24(10-2)20(4)29(38-32)16-31(23)37-27/h10,15-18,37-38H,2,9,11-14H2,1,3-8H3. The summed E-state index contributed by atoms with van der Waals surface area (Å²) in [5.74, 6) is -0.552. The molecule has 3 aromatic rings. The fraction of sp³-hybridized carbons (Fsp3) is 0.333. The Hall–Kier alpha value is -4.72. The maximum Gasteiger partial charge on any atom is 0.305 e. The number of nitrogens with zero attached hydrogens (tertiary/aromatic N) is 2. The summed E-state index contributed by atoms with van der Waals surface area (Å²) in [5.41, 5.74) is 15.6. The lowest BCUT2D eigenvalue weighted by Gasteiger charge is -2.06. The van der Waals surface area contributed by atoms with Gasteiger partial charge in [0.25, 0.3) is 0 Å². The Bertz CT molecular complexity index is 1920. The Labute approximate surface area is 258 Å². The van der Waals surface area contributed by atoms with E-state index >= 15 is 0 Å². The third-order valence-electron chi connectivity index (χ3n) is 8.89. The molecule has 8 nitrogen and oxygen atoms in total. The van der Waals surface area contributed by atoms with E-state index < -0.39 is 0 Å². The molecule has 228 valence electrons. The molecule has 0 unspecified atom stereocenters. The van der Waals surface area contributed by atoms with Crippen molar-refractivity contribution in [2.75, 3.05) is 14.2 Å². The molecular weight excluding hydrogens is 552 g/mol. The Morgan fingerprint density at radius 1 is 0.727 bits per heavy atom. The fourth-order valence-electron chi connectivity index (χ4n) is 6.19. The number of aryl methyl sites for hydroxylation is 3. The lowest BCUT2D eigenvalue weighted by molar-refractivity contribution is -0.141. The number of rotatable bonds is 8. The average molecular weight is 593 g/mol. The molecule has 5 heterocycles. The normalized spacial score (nSPS) is 13.0. The molecule has 0 saturated heterocycles. The minimum atomic E-state index is -0.278. The molecule has 0 radical (unpaired) electrons. The van der Waals surface area contributed by atoms with Crippen molar-refractivity contribution in [1.82, 2.24) is 19.9 Å². The van der Waals surface area contributed by atoms with Gasteiger partial charge in [0.05, 0.1) is 37.0 Å². The molecule has 0 atom stereocenters. The van der Waals surface area contributed by atoms with E-state index in [-0.39, 0.29) is 24.8 Å². The number of hydrogen-bond donors (Lipinski definition) is 2. The van der Waals surface area contributed by atoms with Crippen molar-refractivity contribution in [2.24, 2.45) is 0 Å². The molecule has 0 saturated carbocycles. The minimum absolute atomic E-state index is 0.234. The van der Waals surface area contributed by atoms with Crippen LogP contribution in [-0.4, -0.2) is 46.1 Å². The molecular formula is C36H40N4O4. The van der Waals surface area contributed by atoms with Gasteiger partial charge in [-0.3, -0.25) is 9.59 Å². The summed E-state index contributed by atoms with van der Waals surface area (Å²) in [6.07, 6.45) is 4.18. The average Bonchev–Trinajstić information content (AvgIpc) is 3.67. The summed E-state index contributed by atoms with van der Waals surface area (Å²) in [4.78, 5) is 41.8. The third kappa shape index (κ3) is 5.64. The van der Waals surface area contributed by atoms with Gasteiger partial charge in [0.2, 0.25) is 0 Å². The minimum Gasteiger partial charge on any atom is -0.469 e. The lowest BCUT2D eigenvalue weighted by Crippen LogP contribution is -2.01. The van der Waals surface area contributed by atoms with Crippen LogP contribution >= 0.6 is 0 Å². The van der Waals surface area contributed by atoms with E-state index in [9.17, 15) is 9.59 Å². The van der Waals surface area contributed by atoms with Crippen LogP contribution in [0.15, 0.2) is 30.8 Å². The highest BCUT2D eigenvalue weighted by Crippen LogP contribution is 2.38. The zero-order chi connectivity index (χ0) is 31.7. The SMILES string of the molecule is C=Cc1c(C)c2cc3[nH]c(cc4nc(cc5nc(cc1[nH]2)C(C)=C5CCC(=O)OC)C(CCC(=O)OC)=C4C)c(C)c3CC. The van der Waals surface area contributed by atoms with Gasteiger partial charge in [-0.2, -0.15) is 0 Å². The maximum atomic E-state index is 12.2. The number of H-pyrrole nitrogens is 2. The van der Waals surface area contributed by atoms with Crippen LogP contribution in [0.2, 0.25) is 0 Å². The van der Waals surface area contributed by atoms with Gasteiger partial charge in [0, 0.05) is 40.5 Å². The molecule has 2 aliphatic rings. The van der Waals surface area contributed by atoms with Crippen molar-refractivity contribution >= 4 is 62.4 Å². The monoisotopic (exact) mass is 592 g/mol. The van der Waals surface area contributed by atoms with E-state index in [1.807, 2.05) is 26.0 Å². The third-order valence-corrected chi connectivity index (χ3v) is 8.89. The Kier molecular flexibility index (Phi) is 8.72. The molecule has 0 aromatic carbocycles. The number of carbonyl (C=O) groups is 2. The van der Waals surface area contributed by atoms with E-state index in [2.05, 4.69) is 55.5 Å². The number of methoxy groups -OCH3 is 2. The lowest BCUT2D eigenvalue weighted by atomic mass is 9.98. The van der Waals surface area contributed by atoms with E-state index in [4.69, 9.17) is 19.4 Å². The zero-order valence-corrected chi connectivity index (χ0v) is 26.7. The molecule has 8 heteroatoms. The van der Waals surface area contributed by atoms with Gasteiger partial charge >= 0.3 is 11.9 Å². The summed E-state index contributed by atoms with van der Waals surface area (Å²) >= 11 is 0. The molecule has 2 N–H and O–H groups in total. The summed E-state index contributed by atoms with van der Waals surface area (Å²) in [6.45, 7) is 14.6. The van der Waals surface area contributed by atoms with Gasteiger partial charge in [-0.25, -0.2) is 9.97 Å². The van der Waals surface area contributed by atoms with Crippen LogP contribution in [0.4, 0.5) is 0 Å². The van der Waals surface area contributed by atoms with Crippen LogP contribution in [0.3, 0.4) is 0 Å². The van der Waals surface area contributed by atoms with E-state index in [0.29, 0.717) is 12.8 Å². The topological polar surface area (TPSA) is 110 Å². The fourth-order valence-corrected chi connectivity index (χ4v) is 6.19. The largest absolute Gasteiger partial charge is 0.469 e. The second-order valence-electron chi connectivity index (χ2n) is 11.3. The molecule has 0 fully saturated rings. The first-order valence-electron chi connectivity index (χ1n) is 15.0. The van der Waals surface area contributed by atoms with Crippen LogP contribution < -0.4 is 0 Å². The predicted molar refractivity (Wildman–Crippen MR) is 177 cm³/mol. The van der Waals surface area contributed by atoms with Crippen molar-refractivity contribution in [3.8, 4) is 0 Å². The van der Waals surface area contributed by atoms with Crippen molar-refractivity contribution in [1.29, 1.82) is 0 Å². The Morgan fingerprint density at radius 3 is 1.73 bits per heavy atom. The van der Waals surface area contributed by atoms with E-state index in [1.54, 1.807) is 0 Å².